The molecule has 1 saturated carbocycles. The second-order valence-corrected chi connectivity index (χ2v) is 4.32. The zero-order valence-electron chi connectivity index (χ0n) is 8.95. The maximum atomic E-state index is 11.6. The Morgan fingerprint density at radius 1 is 1.67 bits per heavy atom. The summed E-state index contributed by atoms with van der Waals surface area (Å²) in [5.41, 5.74) is -0.497. The molecular formula is C11H16O4. The summed E-state index contributed by atoms with van der Waals surface area (Å²) in [6.07, 6.45) is 3.19. The second-order valence-electron chi connectivity index (χ2n) is 4.32. The number of unbranched alkanes of at least 4 members (excludes halogenated alkanes) is 1. The summed E-state index contributed by atoms with van der Waals surface area (Å²) in [7, 11) is 0. The van der Waals surface area contributed by atoms with Crippen LogP contribution in [-0.4, -0.2) is 25.2 Å². The van der Waals surface area contributed by atoms with Gasteiger partial charge in [-0.3, -0.25) is 9.59 Å². The number of hydrogen-bond acceptors (Lipinski definition) is 4. The fourth-order valence-electron chi connectivity index (χ4n) is 2.11. The highest BCUT2D eigenvalue weighted by Crippen LogP contribution is 2.59. The summed E-state index contributed by atoms with van der Waals surface area (Å²) in [5, 5.41) is 0. The molecule has 4 nitrogen and oxygen atoms in total. The van der Waals surface area contributed by atoms with E-state index in [0.717, 1.165) is 12.8 Å². The van der Waals surface area contributed by atoms with E-state index in [1.807, 2.05) is 6.92 Å². The summed E-state index contributed by atoms with van der Waals surface area (Å²) in [4.78, 5) is 22.9. The Bertz CT molecular complexity index is 286. The Hall–Kier alpha value is -1.06. The van der Waals surface area contributed by atoms with E-state index in [1.165, 1.54) is 0 Å². The molecule has 0 radical (unpaired) electrons. The Morgan fingerprint density at radius 2 is 2.47 bits per heavy atom. The third-order valence-corrected chi connectivity index (χ3v) is 3.29. The van der Waals surface area contributed by atoms with Gasteiger partial charge < -0.3 is 9.47 Å². The first-order valence-corrected chi connectivity index (χ1v) is 5.54. The van der Waals surface area contributed by atoms with Crippen molar-refractivity contribution < 1.29 is 19.1 Å². The summed E-state index contributed by atoms with van der Waals surface area (Å²) < 4.78 is 9.98. The molecular weight excluding hydrogens is 196 g/mol. The van der Waals surface area contributed by atoms with E-state index < -0.39 is 5.41 Å². The van der Waals surface area contributed by atoms with Crippen LogP contribution in [0.3, 0.4) is 0 Å². The summed E-state index contributed by atoms with van der Waals surface area (Å²) in [6, 6.07) is 0. The van der Waals surface area contributed by atoms with E-state index in [0.29, 0.717) is 26.1 Å². The average molecular weight is 212 g/mol. The van der Waals surface area contributed by atoms with Gasteiger partial charge in [-0.25, -0.2) is 0 Å². The van der Waals surface area contributed by atoms with Gasteiger partial charge in [0.25, 0.3) is 0 Å². The van der Waals surface area contributed by atoms with Gasteiger partial charge in [-0.05, 0) is 19.3 Å². The lowest BCUT2D eigenvalue weighted by Gasteiger charge is -2.05. The van der Waals surface area contributed by atoms with Crippen molar-refractivity contribution in [3.63, 3.8) is 0 Å². The molecule has 15 heavy (non-hydrogen) atoms. The Labute approximate surface area is 88.9 Å². The SMILES string of the molecule is CCCCOC(=O)[C@H]1C[C@]12CCOC2=O. The van der Waals surface area contributed by atoms with Crippen molar-refractivity contribution in [3.05, 3.63) is 0 Å². The lowest BCUT2D eigenvalue weighted by Crippen LogP contribution is -2.18. The highest BCUT2D eigenvalue weighted by Gasteiger charge is 2.67. The highest BCUT2D eigenvalue weighted by molar-refractivity contribution is 5.92. The zero-order valence-corrected chi connectivity index (χ0v) is 8.95. The molecule has 2 aliphatic rings. The Morgan fingerprint density at radius 3 is 3.07 bits per heavy atom. The fourth-order valence-corrected chi connectivity index (χ4v) is 2.11. The van der Waals surface area contributed by atoms with Gasteiger partial charge in [-0.1, -0.05) is 13.3 Å². The number of hydrogen-bond donors (Lipinski definition) is 0. The number of ether oxygens (including phenoxy) is 2. The van der Waals surface area contributed by atoms with Crippen molar-refractivity contribution in [1.29, 1.82) is 0 Å². The molecule has 0 N–H and O–H groups in total. The lowest BCUT2D eigenvalue weighted by atomic mass is 10.0. The predicted molar refractivity (Wildman–Crippen MR) is 52.0 cm³/mol. The van der Waals surface area contributed by atoms with Crippen LogP contribution in [0.25, 0.3) is 0 Å². The molecule has 4 heteroatoms. The van der Waals surface area contributed by atoms with E-state index in [-0.39, 0.29) is 17.9 Å². The van der Waals surface area contributed by atoms with Gasteiger partial charge in [0.05, 0.1) is 24.5 Å². The molecule has 0 aromatic rings. The minimum atomic E-state index is -0.497. The van der Waals surface area contributed by atoms with Gasteiger partial charge in [0.1, 0.15) is 0 Å². The third kappa shape index (κ3) is 1.73. The average Bonchev–Trinajstić information content (AvgIpc) is 2.83. The van der Waals surface area contributed by atoms with Crippen LogP contribution >= 0.6 is 0 Å². The normalized spacial score (nSPS) is 32.9. The Kier molecular flexibility index (Phi) is 2.67. The molecule has 1 heterocycles. The van der Waals surface area contributed by atoms with Gasteiger partial charge in [0.2, 0.25) is 0 Å². The predicted octanol–water partition coefficient (Wildman–Crippen LogP) is 1.28. The quantitative estimate of drug-likeness (QED) is 0.520. The van der Waals surface area contributed by atoms with E-state index >= 15 is 0 Å². The standard InChI is InChI=1S/C11H16O4/c1-2-3-5-14-9(12)8-7-11(8)4-6-15-10(11)13/h8H,2-7H2,1H3/t8-,11-/m1/s1. The van der Waals surface area contributed by atoms with E-state index in [9.17, 15) is 9.59 Å². The number of rotatable bonds is 4. The second kappa shape index (κ2) is 3.83. The number of cyclic esters (lactones) is 1. The zero-order chi connectivity index (χ0) is 10.9. The molecule has 0 amide bonds. The molecule has 0 unspecified atom stereocenters. The van der Waals surface area contributed by atoms with Crippen LogP contribution in [0.2, 0.25) is 0 Å². The van der Waals surface area contributed by atoms with Crippen LogP contribution in [0.5, 0.6) is 0 Å². The van der Waals surface area contributed by atoms with Crippen LogP contribution < -0.4 is 0 Å². The largest absolute Gasteiger partial charge is 0.465 e. The highest BCUT2D eigenvalue weighted by atomic mass is 16.5. The number of esters is 2. The van der Waals surface area contributed by atoms with Crippen molar-refractivity contribution in [2.24, 2.45) is 11.3 Å². The van der Waals surface area contributed by atoms with Gasteiger partial charge in [-0.2, -0.15) is 0 Å². The number of carbonyl (C=O) groups excluding carboxylic acids is 2. The first-order chi connectivity index (χ1) is 7.20. The number of carbonyl (C=O) groups is 2. The molecule has 1 aliphatic carbocycles. The van der Waals surface area contributed by atoms with Crippen molar-refractivity contribution in [1.82, 2.24) is 0 Å². The topological polar surface area (TPSA) is 52.6 Å². The Balaban J connectivity index is 1.82. The van der Waals surface area contributed by atoms with Crippen LogP contribution in [0, 0.1) is 11.3 Å². The van der Waals surface area contributed by atoms with Crippen LogP contribution in [0.15, 0.2) is 0 Å². The first-order valence-electron chi connectivity index (χ1n) is 5.54. The van der Waals surface area contributed by atoms with Crippen LogP contribution in [-0.2, 0) is 19.1 Å². The molecule has 1 spiro atoms. The van der Waals surface area contributed by atoms with Crippen molar-refractivity contribution >= 4 is 11.9 Å². The minimum absolute atomic E-state index is 0.208. The lowest BCUT2D eigenvalue weighted by molar-refractivity contribution is -0.150. The maximum Gasteiger partial charge on any atom is 0.313 e. The van der Waals surface area contributed by atoms with E-state index in [2.05, 4.69) is 0 Å². The molecule has 0 aromatic carbocycles. The van der Waals surface area contributed by atoms with Crippen LogP contribution in [0.1, 0.15) is 32.6 Å². The van der Waals surface area contributed by atoms with Crippen LogP contribution in [0.4, 0.5) is 0 Å². The van der Waals surface area contributed by atoms with Gasteiger partial charge >= 0.3 is 11.9 Å². The molecule has 0 bridgehead atoms. The summed E-state index contributed by atoms with van der Waals surface area (Å²) in [5.74, 6) is -0.661. The molecule has 84 valence electrons. The summed E-state index contributed by atoms with van der Waals surface area (Å²) in [6.45, 7) is 2.97. The van der Waals surface area contributed by atoms with Crippen molar-refractivity contribution in [2.45, 2.75) is 32.6 Å². The molecule has 2 fully saturated rings. The monoisotopic (exact) mass is 212 g/mol. The van der Waals surface area contributed by atoms with Gasteiger partial charge in [0.15, 0.2) is 0 Å². The summed E-state index contributed by atoms with van der Waals surface area (Å²) >= 11 is 0. The van der Waals surface area contributed by atoms with E-state index in [4.69, 9.17) is 9.47 Å². The molecule has 0 aromatic heterocycles. The fraction of sp³-hybridized carbons (Fsp3) is 0.818. The van der Waals surface area contributed by atoms with Gasteiger partial charge in [0, 0.05) is 0 Å². The maximum absolute atomic E-state index is 11.6. The first kappa shape index (κ1) is 10.5. The molecule has 2 rings (SSSR count). The van der Waals surface area contributed by atoms with E-state index in [1.54, 1.807) is 0 Å². The molecule has 1 saturated heterocycles. The molecule has 2 atom stereocenters. The van der Waals surface area contributed by atoms with Gasteiger partial charge in [-0.15, -0.1) is 0 Å². The molecule has 1 aliphatic heterocycles. The van der Waals surface area contributed by atoms with Crippen molar-refractivity contribution in [3.8, 4) is 0 Å². The van der Waals surface area contributed by atoms with Crippen molar-refractivity contribution in [2.75, 3.05) is 13.2 Å². The minimum Gasteiger partial charge on any atom is -0.465 e. The third-order valence-electron chi connectivity index (χ3n) is 3.29. The smallest absolute Gasteiger partial charge is 0.313 e.